The van der Waals surface area contributed by atoms with E-state index in [9.17, 15) is 14.7 Å². The second-order valence-corrected chi connectivity index (χ2v) is 8.42. The molecule has 1 aliphatic rings. The molecule has 1 aliphatic heterocycles. The Morgan fingerprint density at radius 3 is 2.41 bits per heavy atom. The van der Waals surface area contributed by atoms with Gasteiger partial charge in [0.1, 0.15) is 11.2 Å². The van der Waals surface area contributed by atoms with Crippen molar-refractivity contribution in [3.63, 3.8) is 0 Å². The van der Waals surface area contributed by atoms with Gasteiger partial charge in [0.05, 0.1) is 6.61 Å². The van der Waals surface area contributed by atoms with Crippen molar-refractivity contribution in [3.8, 4) is 5.75 Å². The molecule has 2 unspecified atom stereocenters. The van der Waals surface area contributed by atoms with Gasteiger partial charge in [-0.1, -0.05) is 32.9 Å². The lowest BCUT2D eigenvalue weighted by atomic mass is 9.80. The van der Waals surface area contributed by atoms with Gasteiger partial charge in [-0.25, -0.2) is 0 Å². The van der Waals surface area contributed by atoms with Crippen molar-refractivity contribution in [1.29, 1.82) is 0 Å². The lowest BCUT2D eigenvalue weighted by Crippen LogP contribution is -2.54. The zero-order valence-electron chi connectivity index (χ0n) is 16.9. The highest BCUT2D eigenvalue weighted by atomic mass is 16.5. The second-order valence-electron chi connectivity index (χ2n) is 8.42. The average molecular weight is 377 g/mol. The molecule has 27 heavy (non-hydrogen) atoms. The molecule has 0 saturated carbocycles. The van der Waals surface area contributed by atoms with Crippen molar-refractivity contribution in [3.05, 3.63) is 29.8 Å². The quantitative estimate of drug-likeness (QED) is 0.824. The van der Waals surface area contributed by atoms with Gasteiger partial charge in [0, 0.05) is 20.2 Å². The molecule has 1 N–H and O–H groups in total. The molecule has 2 rings (SSSR count). The molecule has 0 bridgehead atoms. The minimum atomic E-state index is -1.04. The first-order valence-electron chi connectivity index (χ1n) is 9.37. The summed E-state index contributed by atoms with van der Waals surface area (Å²) in [6, 6.07) is 7.74. The third-order valence-electron chi connectivity index (χ3n) is 5.14. The Hall–Kier alpha value is -2.08. The van der Waals surface area contributed by atoms with Crippen molar-refractivity contribution in [2.45, 2.75) is 52.1 Å². The highest BCUT2D eigenvalue weighted by molar-refractivity contribution is 5.83. The Kier molecular flexibility index (Phi) is 6.52. The first-order chi connectivity index (χ1) is 12.6. The average Bonchev–Trinajstić information content (AvgIpc) is 2.61. The molecule has 6 nitrogen and oxygen atoms in total. The zero-order chi connectivity index (χ0) is 20.2. The Balaban J connectivity index is 2.05. The molecular formula is C21H31NO5. The zero-order valence-corrected chi connectivity index (χ0v) is 16.9. The Bertz CT molecular complexity index is 660. The van der Waals surface area contributed by atoms with Crippen LogP contribution in [0.5, 0.6) is 5.75 Å². The van der Waals surface area contributed by atoms with Crippen molar-refractivity contribution in [1.82, 2.24) is 4.90 Å². The van der Waals surface area contributed by atoms with Crippen LogP contribution in [0.2, 0.25) is 0 Å². The van der Waals surface area contributed by atoms with E-state index in [1.165, 1.54) is 12.7 Å². The number of carbonyl (C=O) groups excluding carboxylic acids is 1. The topological polar surface area (TPSA) is 76.1 Å². The number of methoxy groups -OCH3 is 1. The summed E-state index contributed by atoms with van der Waals surface area (Å²) in [5, 5.41) is 9.64. The van der Waals surface area contributed by atoms with Gasteiger partial charge in [0.25, 0.3) is 5.91 Å². The van der Waals surface area contributed by atoms with E-state index in [4.69, 9.17) is 9.47 Å². The fraction of sp³-hybridized carbons (Fsp3) is 0.619. The van der Waals surface area contributed by atoms with Gasteiger partial charge in [-0.3, -0.25) is 9.59 Å². The third-order valence-corrected chi connectivity index (χ3v) is 5.14. The molecule has 0 spiro atoms. The minimum absolute atomic E-state index is 0.0509. The number of carboxylic acid groups (broad SMARTS) is 1. The first kappa shape index (κ1) is 21.2. The highest BCUT2D eigenvalue weighted by Crippen LogP contribution is 2.31. The number of rotatable bonds is 6. The SMILES string of the molecule is COCC1(C(=O)O)CCCN(C(=O)C(C)Oc2ccc(C(C)(C)C)cc2)C1. The molecule has 0 aliphatic carbocycles. The predicted octanol–water partition coefficient (Wildman–Crippen LogP) is 3.09. The maximum absolute atomic E-state index is 12.8. The van der Waals surface area contributed by atoms with Gasteiger partial charge >= 0.3 is 5.97 Å². The molecule has 1 heterocycles. The maximum Gasteiger partial charge on any atom is 0.313 e. The second kappa shape index (κ2) is 8.30. The van der Waals surface area contributed by atoms with E-state index in [-0.39, 0.29) is 24.5 Å². The number of hydrogen-bond acceptors (Lipinski definition) is 4. The van der Waals surface area contributed by atoms with E-state index in [1.54, 1.807) is 11.8 Å². The molecule has 1 fully saturated rings. The number of nitrogens with zero attached hydrogens (tertiary/aromatic N) is 1. The summed E-state index contributed by atoms with van der Waals surface area (Å²) in [6.07, 6.45) is 0.454. The summed E-state index contributed by atoms with van der Waals surface area (Å²) in [5.41, 5.74) is 0.196. The van der Waals surface area contributed by atoms with E-state index in [0.29, 0.717) is 25.1 Å². The fourth-order valence-corrected chi connectivity index (χ4v) is 3.50. The number of benzene rings is 1. The lowest BCUT2D eigenvalue weighted by Gasteiger charge is -2.40. The van der Waals surface area contributed by atoms with Gasteiger partial charge in [-0.2, -0.15) is 0 Å². The van der Waals surface area contributed by atoms with Crippen molar-refractivity contribution >= 4 is 11.9 Å². The van der Waals surface area contributed by atoms with E-state index in [0.717, 1.165) is 0 Å². The summed E-state index contributed by atoms with van der Waals surface area (Å²) < 4.78 is 10.9. The summed E-state index contributed by atoms with van der Waals surface area (Å²) in [4.78, 5) is 26.2. The number of likely N-dealkylation sites (tertiary alicyclic amines) is 1. The summed E-state index contributed by atoms with van der Waals surface area (Å²) in [7, 11) is 1.48. The maximum atomic E-state index is 12.8. The fourth-order valence-electron chi connectivity index (χ4n) is 3.50. The van der Waals surface area contributed by atoms with Gasteiger partial charge in [0.15, 0.2) is 6.10 Å². The van der Waals surface area contributed by atoms with Crippen LogP contribution in [-0.2, 0) is 19.7 Å². The van der Waals surface area contributed by atoms with Crippen LogP contribution in [0.3, 0.4) is 0 Å². The molecule has 0 radical (unpaired) electrons. The van der Waals surface area contributed by atoms with Gasteiger partial charge in [-0.05, 0) is 42.9 Å². The third kappa shape index (κ3) is 5.01. The summed E-state index contributed by atoms with van der Waals surface area (Å²) in [5.74, 6) is -0.494. The molecule has 2 atom stereocenters. The molecule has 1 saturated heterocycles. The van der Waals surface area contributed by atoms with Gasteiger partial charge < -0.3 is 19.5 Å². The first-order valence-corrected chi connectivity index (χ1v) is 9.37. The normalized spacial score (nSPS) is 21.6. The summed E-state index contributed by atoms with van der Waals surface area (Å²) >= 11 is 0. The van der Waals surface area contributed by atoms with Crippen LogP contribution in [0.4, 0.5) is 0 Å². The van der Waals surface area contributed by atoms with Crippen molar-refractivity contribution < 1.29 is 24.2 Å². The van der Waals surface area contributed by atoms with Crippen LogP contribution in [0.25, 0.3) is 0 Å². The number of hydrogen-bond donors (Lipinski definition) is 1. The van der Waals surface area contributed by atoms with E-state index >= 15 is 0 Å². The van der Waals surface area contributed by atoms with Crippen LogP contribution < -0.4 is 4.74 Å². The van der Waals surface area contributed by atoms with Crippen LogP contribution in [0.1, 0.15) is 46.1 Å². The Labute approximate surface area is 161 Å². The summed E-state index contributed by atoms with van der Waals surface area (Å²) in [6.45, 7) is 8.89. The number of piperidine rings is 1. The van der Waals surface area contributed by atoms with Crippen LogP contribution in [0, 0.1) is 5.41 Å². The smallest absolute Gasteiger partial charge is 0.313 e. The molecule has 1 aromatic carbocycles. The molecule has 150 valence electrons. The largest absolute Gasteiger partial charge is 0.481 e. The van der Waals surface area contributed by atoms with Gasteiger partial charge in [-0.15, -0.1) is 0 Å². The monoisotopic (exact) mass is 377 g/mol. The molecule has 1 amide bonds. The minimum Gasteiger partial charge on any atom is -0.481 e. The van der Waals surface area contributed by atoms with Gasteiger partial charge in [0.2, 0.25) is 0 Å². The van der Waals surface area contributed by atoms with Crippen LogP contribution in [0.15, 0.2) is 24.3 Å². The van der Waals surface area contributed by atoms with E-state index in [1.807, 2.05) is 24.3 Å². The standard InChI is InChI=1S/C21H31NO5/c1-15(27-17-9-7-16(8-10-17)20(2,3)4)18(23)22-12-6-11-21(13-22,14-26-5)19(24)25/h7-10,15H,6,11-14H2,1-5H3,(H,24,25). The number of ether oxygens (including phenoxy) is 2. The van der Waals surface area contributed by atoms with E-state index in [2.05, 4.69) is 20.8 Å². The van der Waals surface area contributed by atoms with Crippen molar-refractivity contribution in [2.75, 3.05) is 26.8 Å². The molecule has 1 aromatic rings. The molecule has 0 aromatic heterocycles. The number of aliphatic carboxylic acids is 1. The number of carboxylic acids is 1. The van der Waals surface area contributed by atoms with Crippen LogP contribution in [-0.4, -0.2) is 54.8 Å². The Morgan fingerprint density at radius 2 is 1.89 bits per heavy atom. The van der Waals surface area contributed by atoms with Crippen molar-refractivity contribution in [2.24, 2.45) is 5.41 Å². The highest BCUT2D eigenvalue weighted by Gasteiger charge is 2.44. The molecule has 6 heteroatoms. The number of amides is 1. The predicted molar refractivity (Wildman–Crippen MR) is 103 cm³/mol. The van der Waals surface area contributed by atoms with Crippen LogP contribution >= 0.6 is 0 Å². The number of carbonyl (C=O) groups is 2. The molecular weight excluding hydrogens is 346 g/mol. The lowest BCUT2D eigenvalue weighted by molar-refractivity contribution is -0.160. The van der Waals surface area contributed by atoms with E-state index < -0.39 is 17.5 Å². The Morgan fingerprint density at radius 1 is 1.26 bits per heavy atom.